The number of aryl methyl sites for hydroxylation is 1. The monoisotopic (exact) mass is 287 g/mol. The van der Waals surface area contributed by atoms with Gasteiger partial charge in [0.05, 0.1) is 5.39 Å². The highest BCUT2D eigenvalue weighted by Gasteiger charge is 2.24. The van der Waals surface area contributed by atoms with E-state index in [0.717, 1.165) is 23.3 Å². The second kappa shape index (κ2) is 6.02. The van der Waals surface area contributed by atoms with Gasteiger partial charge in [-0.2, -0.15) is 0 Å². The molecule has 0 radical (unpaired) electrons. The third-order valence-electron chi connectivity index (χ3n) is 4.65. The minimum absolute atomic E-state index is 0.504. The lowest BCUT2D eigenvalue weighted by molar-refractivity contribution is 0.219. The Hall–Kier alpha value is -1.62. The molecule has 0 aromatic carbocycles. The highest BCUT2D eigenvalue weighted by molar-refractivity contribution is 5.90. The predicted molar refractivity (Wildman–Crippen MR) is 86.6 cm³/mol. The average Bonchev–Trinajstić information content (AvgIpc) is 2.92. The van der Waals surface area contributed by atoms with E-state index in [4.69, 9.17) is 0 Å². The first-order valence-electron chi connectivity index (χ1n) is 7.93. The van der Waals surface area contributed by atoms with Gasteiger partial charge >= 0.3 is 0 Å². The number of aromatic nitrogens is 3. The molecule has 2 N–H and O–H groups in total. The maximum atomic E-state index is 4.50. The minimum Gasteiger partial charge on any atom is -0.367 e. The predicted octanol–water partition coefficient (Wildman–Crippen LogP) is 2.81. The van der Waals surface area contributed by atoms with E-state index in [-0.39, 0.29) is 0 Å². The molecule has 2 aromatic heterocycles. The van der Waals surface area contributed by atoms with E-state index < -0.39 is 0 Å². The Morgan fingerprint density at radius 2 is 2.19 bits per heavy atom. The third-order valence-corrected chi connectivity index (χ3v) is 4.65. The fourth-order valence-electron chi connectivity index (χ4n) is 3.37. The number of H-pyrrole nitrogens is 1. The molecule has 1 aliphatic rings. The fourth-order valence-corrected chi connectivity index (χ4v) is 3.37. The Labute approximate surface area is 126 Å². The number of hydrogen-bond donors (Lipinski definition) is 2. The molecule has 0 aliphatic heterocycles. The largest absolute Gasteiger partial charge is 0.367 e. The molecule has 0 bridgehead atoms. The van der Waals surface area contributed by atoms with Crippen LogP contribution in [0.2, 0.25) is 0 Å². The van der Waals surface area contributed by atoms with E-state index in [9.17, 15) is 0 Å². The van der Waals surface area contributed by atoms with Crippen LogP contribution in [0, 0.1) is 0 Å². The number of fused-ring (bicyclic) bond motifs is 1. The number of anilines is 1. The van der Waals surface area contributed by atoms with E-state index in [0.29, 0.717) is 12.1 Å². The van der Waals surface area contributed by atoms with Crippen molar-refractivity contribution in [2.24, 2.45) is 0 Å². The fraction of sp³-hybridized carbons (Fsp3) is 0.625. The number of nitrogens with one attached hydrogen (secondary N) is 2. The Kier molecular flexibility index (Phi) is 4.10. The van der Waals surface area contributed by atoms with Gasteiger partial charge in [-0.05, 0) is 51.8 Å². The van der Waals surface area contributed by atoms with Crippen molar-refractivity contribution < 1.29 is 0 Å². The lowest BCUT2D eigenvalue weighted by Gasteiger charge is -2.34. The van der Waals surface area contributed by atoms with Crippen LogP contribution in [0.4, 0.5) is 5.82 Å². The molecule has 2 aromatic rings. The first kappa shape index (κ1) is 14.3. The number of hydrogen-bond acceptors (Lipinski definition) is 4. The first-order chi connectivity index (χ1) is 10.2. The van der Waals surface area contributed by atoms with Gasteiger partial charge in [0.1, 0.15) is 17.8 Å². The van der Waals surface area contributed by atoms with Crippen LogP contribution in [0.1, 0.15) is 38.2 Å². The van der Waals surface area contributed by atoms with Gasteiger partial charge in [0.2, 0.25) is 0 Å². The number of nitrogens with zero attached hydrogens (tertiary/aromatic N) is 3. The Bertz CT molecular complexity index is 604. The number of rotatable bonds is 4. The molecule has 1 fully saturated rings. The molecular weight excluding hydrogens is 262 g/mol. The molecule has 5 nitrogen and oxygen atoms in total. The van der Waals surface area contributed by atoms with Crippen LogP contribution in [0.3, 0.4) is 0 Å². The molecule has 3 rings (SSSR count). The van der Waals surface area contributed by atoms with Crippen molar-refractivity contribution in [3.05, 3.63) is 18.1 Å². The summed E-state index contributed by atoms with van der Waals surface area (Å²) < 4.78 is 0. The van der Waals surface area contributed by atoms with Gasteiger partial charge in [-0.3, -0.25) is 0 Å². The smallest absolute Gasteiger partial charge is 0.143 e. The second-order valence-corrected chi connectivity index (χ2v) is 6.24. The van der Waals surface area contributed by atoms with E-state index in [1.54, 1.807) is 6.33 Å². The Balaban J connectivity index is 1.83. The van der Waals surface area contributed by atoms with Crippen molar-refractivity contribution in [2.45, 2.75) is 51.1 Å². The van der Waals surface area contributed by atoms with Gasteiger partial charge in [-0.1, -0.05) is 6.92 Å². The summed E-state index contributed by atoms with van der Waals surface area (Å²) in [6.45, 7) is 2.17. The molecule has 0 spiro atoms. The summed E-state index contributed by atoms with van der Waals surface area (Å²) >= 11 is 0. The lowest BCUT2D eigenvalue weighted by atomic mass is 9.90. The molecule has 114 valence electrons. The van der Waals surface area contributed by atoms with Crippen molar-refractivity contribution >= 4 is 16.9 Å². The van der Waals surface area contributed by atoms with Gasteiger partial charge in [0.25, 0.3) is 0 Å². The van der Waals surface area contributed by atoms with Gasteiger partial charge in [0, 0.05) is 18.3 Å². The zero-order valence-electron chi connectivity index (χ0n) is 13.2. The molecule has 2 unspecified atom stereocenters. The summed E-state index contributed by atoms with van der Waals surface area (Å²) in [6, 6.07) is 1.18. The highest BCUT2D eigenvalue weighted by atomic mass is 15.1. The quantitative estimate of drug-likeness (QED) is 0.908. The molecule has 2 atom stereocenters. The lowest BCUT2D eigenvalue weighted by Crippen LogP contribution is -2.38. The topological polar surface area (TPSA) is 56.8 Å². The van der Waals surface area contributed by atoms with Crippen LogP contribution < -0.4 is 5.32 Å². The minimum atomic E-state index is 0.504. The Morgan fingerprint density at radius 3 is 2.95 bits per heavy atom. The van der Waals surface area contributed by atoms with Crippen molar-refractivity contribution in [3.8, 4) is 0 Å². The zero-order valence-corrected chi connectivity index (χ0v) is 13.2. The standard InChI is InChI=1S/C16H25N5/c1-4-11-9-17-15-14(11)16(19-10-18-15)20-12-6-5-7-13(8-12)21(2)3/h9-10,12-13H,4-8H2,1-3H3,(H2,17,18,19,20). The maximum Gasteiger partial charge on any atom is 0.143 e. The zero-order chi connectivity index (χ0) is 14.8. The molecule has 2 heterocycles. The highest BCUT2D eigenvalue weighted by Crippen LogP contribution is 2.28. The van der Waals surface area contributed by atoms with E-state index >= 15 is 0 Å². The molecule has 1 aliphatic carbocycles. The van der Waals surface area contributed by atoms with E-state index in [1.165, 1.54) is 31.2 Å². The Morgan fingerprint density at radius 1 is 1.33 bits per heavy atom. The third kappa shape index (κ3) is 2.88. The molecule has 0 saturated heterocycles. The average molecular weight is 287 g/mol. The van der Waals surface area contributed by atoms with Gasteiger partial charge in [0.15, 0.2) is 0 Å². The van der Waals surface area contributed by atoms with Crippen molar-refractivity contribution in [3.63, 3.8) is 0 Å². The van der Waals surface area contributed by atoms with Crippen LogP contribution in [-0.2, 0) is 6.42 Å². The summed E-state index contributed by atoms with van der Waals surface area (Å²) in [6.07, 6.45) is 9.68. The molecule has 1 saturated carbocycles. The van der Waals surface area contributed by atoms with Crippen molar-refractivity contribution in [1.82, 2.24) is 19.9 Å². The summed E-state index contributed by atoms with van der Waals surface area (Å²) in [4.78, 5) is 14.4. The normalized spacial score (nSPS) is 22.9. The van der Waals surface area contributed by atoms with Crippen LogP contribution in [0.5, 0.6) is 0 Å². The summed E-state index contributed by atoms with van der Waals surface area (Å²) in [7, 11) is 4.36. The van der Waals surface area contributed by atoms with Crippen LogP contribution in [0.15, 0.2) is 12.5 Å². The SMILES string of the molecule is CCc1c[nH]c2ncnc(NC3CCCC(N(C)C)C3)c12. The van der Waals surface area contributed by atoms with Gasteiger partial charge in [-0.15, -0.1) is 0 Å². The second-order valence-electron chi connectivity index (χ2n) is 6.24. The van der Waals surface area contributed by atoms with Gasteiger partial charge < -0.3 is 15.2 Å². The summed E-state index contributed by atoms with van der Waals surface area (Å²) in [5.74, 6) is 0.988. The van der Waals surface area contributed by atoms with E-state index in [2.05, 4.69) is 46.2 Å². The van der Waals surface area contributed by atoms with E-state index in [1.807, 2.05) is 6.20 Å². The van der Waals surface area contributed by atoms with Crippen LogP contribution >= 0.6 is 0 Å². The van der Waals surface area contributed by atoms with Gasteiger partial charge in [-0.25, -0.2) is 9.97 Å². The van der Waals surface area contributed by atoms with Crippen molar-refractivity contribution in [1.29, 1.82) is 0 Å². The van der Waals surface area contributed by atoms with Crippen molar-refractivity contribution in [2.75, 3.05) is 19.4 Å². The number of aromatic amines is 1. The first-order valence-corrected chi connectivity index (χ1v) is 7.93. The molecule has 5 heteroatoms. The summed E-state index contributed by atoms with van der Waals surface area (Å²) in [5, 5.41) is 4.83. The molecule has 21 heavy (non-hydrogen) atoms. The van der Waals surface area contributed by atoms with Crippen LogP contribution in [0.25, 0.3) is 11.0 Å². The maximum absolute atomic E-state index is 4.50. The molecule has 0 amide bonds. The summed E-state index contributed by atoms with van der Waals surface area (Å²) in [5.41, 5.74) is 2.22. The molecular formula is C16H25N5. The van der Waals surface area contributed by atoms with Crippen LogP contribution in [-0.4, -0.2) is 46.0 Å².